The van der Waals surface area contributed by atoms with E-state index in [0.717, 1.165) is 0 Å². The van der Waals surface area contributed by atoms with Crippen LogP contribution in [0.15, 0.2) is 9.79 Å². The van der Waals surface area contributed by atoms with Crippen LogP contribution in [0.2, 0.25) is 0 Å². The van der Waals surface area contributed by atoms with Crippen LogP contribution >= 0.6 is 25.3 Å². The van der Waals surface area contributed by atoms with E-state index in [1.807, 2.05) is 0 Å². The van der Waals surface area contributed by atoms with Gasteiger partial charge in [-0.1, -0.05) is 0 Å². The third-order valence-corrected chi connectivity index (χ3v) is 2.27. The Labute approximate surface area is 78.8 Å². The van der Waals surface area contributed by atoms with Gasteiger partial charge < -0.3 is 11.5 Å². The van der Waals surface area contributed by atoms with Gasteiger partial charge in [0.2, 0.25) is 0 Å². The largest absolute Gasteiger partial charge is 0.395 e. The lowest BCUT2D eigenvalue weighted by Crippen LogP contribution is -2.02. The Morgan fingerprint density at radius 3 is 1.33 bits per heavy atom. The topological polar surface area (TPSA) is 52.0 Å². The van der Waals surface area contributed by atoms with Gasteiger partial charge in [-0.05, 0) is 0 Å². The summed E-state index contributed by atoms with van der Waals surface area (Å²) < 4.78 is 25.9. The SMILES string of the molecule is Nc1c(F)c(S)c(N)c(F)c1S. The smallest absolute Gasteiger partial charge is 0.162 e. The van der Waals surface area contributed by atoms with E-state index in [9.17, 15) is 8.78 Å². The van der Waals surface area contributed by atoms with Crippen molar-refractivity contribution in [2.75, 3.05) is 11.5 Å². The van der Waals surface area contributed by atoms with Crippen molar-refractivity contribution >= 4 is 36.6 Å². The van der Waals surface area contributed by atoms with Crippen LogP contribution in [0.1, 0.15) is 0 Å². The van der Waals surface area contributed by atoms with Crippen LogP contribution in [0.25, 0.3) is 0 Å². The highest BCUT2D eigenvalue weighted by Gasteiger charge is 2.16. The summed E-state index contributed by atoms with van der Waals surface area (Å²) >= 11 is 7.29. The minimum Gasteiger partial charge on any atom is -0.395 e. The first kappa shape index (κ1) is 9.47. The highest BCUT2D eigenvalue weighted by atomic mass is 32.1. The number of hydrogen-bond acceptors (Lipinski definition) is 4. The summed E-state index contributed by atoms with van der Waals surface area (Å²) in [5.41, 5.74) is 9.55. The molecule has 0 aromatic heterocycles. The molecule has 0 spiro atoms. The van der Waals surface area contributed by atoms with Crippen molar-refractivity contribution in [2.24, 2.45) is 0 Å². The molecule has 0 saturated carbocycles. The van der Waals surface area contributed by atoms with E-state index in [2.05, 4.69) is 25.3 Å². The molecule has 0 aliphatic rings. The molecule has 4 N–H and O–H groups in total. The molecule has 12 heavy (non-hydrogen) atoms. The molecule has 0 saturated heterocycles. The number of benzene rings is 1. The monoisotopic (exact) mass is 208 g/mol. The van der Waals surface area contributed by atoms with Crippen molar-refractivity contribution in [3.63, 3.8) is 0 Å². The van der Waals surface area contributed by atoms with Gasteiger partial charge in [0.15, 0.2) is 11.6 Å². The first-order chi connectivity index (χ1) is 5.46. The summed E-state index contributed by atoms with van der Waals surface area (Å²) in [5, 5.41) is 0. The van der Waals surface area contributed by atoms with Gasteiger partial charge in [-0.25, -0.2) is 8.78 Å². The molecule has 0 aliphatic heterocycles. The normalized spacial score (nSPS) is 10.3. The summed E-state index contributed by atoms with van der Waals surface area (Å²) in [4.78, 5) is -0.578. The quantitative estimate of drug-likeness (QED) is 0.387. The van der Waals surface area contributed by atoms with Gasteiger partial charge in [-0.2, -0.15) is 0 Å². The molecule has 1 aromatic carbocycles. The minimum atomic E-state index is -0.845. The molecule has 66 valence electrons. The molecule has 0 fully saturated rings. The molecular weight excluding hydrogens is 202 g/mol. The van der Waals surface area contributed by atoms with Gasteiger partial charge in [0.05, 0.1) is 21.2 Å². The van der Waals surface area contributed by atoms with E-state index in [1.165, 1.54) is 0 Å². The molecule has 6 heteroatoms. The molecule has 0 aliphatic carbocycles. The van der Waals surface area contributed by atoms with Gasteiger partial charge in [0.1, 0.15) is 0 Å². The summed E-state index contributed by atoms with van der Waals surface area (Å²) in [7, 11) is 0. The Balaban J connectivity index is 3.60. The average Bonchev–Trinajstić information content (AvgIpc) is 2.08. The molecule has 0 atom stereocenters. The molecule has 1 aromatic rings. The van der Waals surface area contributed by atoms with Crippen LogP contribution in [-0.2, 0) is 0 Å². The molecular formula is C6H6F2N2S2. The van der Waals surface area contributed by atoms with Crippen LogP contribution < -0.4 is 11.5 Å². The highest BCUT2D eigenvalue weighted by Crippen LogP contribution is 2.34. The summed E-state index contributed by atoms with van der Waals surface area (Å²) in [6.07, 6.45) is 0. The maximum atomic E-state index is 12.9. The lowest BCUT2D eigenvalue weighted by atomic mass is 10.2. The molecule has 0 radical (unpaired) electrons. The Kier molecular flexibility index (Phi) is 2.39. The van der Waals surface area contributed by atoms with Gasteiger partial charge >= 0.3 is 0 Å². The number of thiol groups is 2. The second-order valence-corrected chi connectivity index (χ2v) is 3.05. The fourth-order valence-corrected chi connectivity index (χ4v) is 1.14. The molecule has 0 bridgehead atoms. The van der Waals surface area contributed by atoms with E-state index in [4.69, 9.17) is 11.5 Å². The van der Waals surface area contributed by atoms with E-state index in [1.54, 1.807) is 0 Å². The average molecular weight is 208 g/mol. The first-order valence-electron chi connectivity index (χ1n) is 2.90. The number of halogens is 2. The Morgan fingerprint density at radius 1 is 0.833 bits per heavy atom. The van der Waals surface area contributed by atoms with Crippen LogP contribution in [0.3, 0.4) is 0 Å². The maximum Gasteiger partial charge on any atom is 0.162 e. The summed E-state index contributed by atoms with van der Waals surface area (Å²) in [6.45, 7) is 0. The summed E-state index contributed by atoms with van der Waals surface area (Å²) in [6, 6.07) is 0. The van der Waals surface area contributed by atoms with E-state index >= 15 is 0 Å². The Bertz CT molecular complexity index is 236. The van der Waals surface area contributed by atoms with Crippen molar-refractivity contribution in [3.8, 4) is 0 Å². The van der Waals surface area contributed by atoms with Crippen molar-refractivity contribution in [1.82, 2.24) is 0 Å². The van der Waals surface area contributed by atoms with Gasteiger partial charge in [-0.3, -0.25) is 0 Å². The third kappa shape index (κ3) is 1.21. The predicted octanol–water partition coefficient (Wildman–Crippen LogP) is 1.71. The second-order valence-electron chi connectivity index (χ2n) is 2.15. The predicted molar refractivity (Wildman–Crippen MR) is 49.7 cm³/mol. The van der Waals surface area contributed by atoms with E-state index < -0.39 is 11.6 Å². The Morgan fingerprint density at radius 2 is 1.08 bits per heavy atom. The van der Waals surface area contributed by atoms with E-state index in [-0.39, 0.29) is 21.2 Å². The fraction of sp³-hybridized carbons (Fsp3) is 0. The lowest BCUT2D eigenvalue weighted by molar-refractivity contribution is 0.569. The van der Waals surface area contributed by atoms with Crippen molar-refractivity contribution in [3.05, 3.63) is 11.6 Å². The number of nitrogens with two attached hydrogens (primary N) is 2. The van der Waals surface area contributed by atoms with Gasteiger partial charge in [0, 0.05) is 0 Å². The number of hydrogen-bond donors (Lipinski definition) is 4. The number of rotatable bonds is 0. The molecule has 0 amide bonds. The second kappa shape index (κ2) is 3.02. The maximum absolute atomic E-state index is 12.9. The van der Waals surface area contributed by atoms with Crippen LogP contribution in [0.5, 0.6) is 0 Å². The standard InChI is InChI=1S/C6H6F2N2S2/c7-1-3(9)6(12)2(8)4(10)5(1)11/h11-12H,9-10H2. The van der Waals surface area contributed by atoms with Gasteiger partial charge in [-0.15, -0.1) is 25.3 Å². The van der Waals surface area contributed by atoms with Gasteiger partial charge in [0.25, 0.3) is 0 Å². The van der Waals surface area contributed by atoms with Crippen LogP contribution in [0.4, 0.5) is 20.2 Å². The molecule has 0 heterocycles. The highest BCUT2D eigenvalue weighted by molar-refractivity contribution is 7.81. The van der Waals surface area contributed by atoms with E-state index in [0.29, 0.717) is 0 Å². The van der Waals surface area contributed by atoms with Crippen molar-refractivity contribution in [1.29, 1.82) is 0 Å². The molecule has 1 rings (SSSR count). The zero-order valence-electron chi connectivity index (χ0n) is 5.81. The first-order valence-corrected chi connectivity index (χ1v) is 3.80. The third-order valence-electron chi connectivity index (χ3n) is 1.40. The molecule has 2 nitrogen and oxygen atoms in total. The lowest BCUT2D eigenvalue weighted by Gasteiger charge is -2.08. The fourth-order valence-electron chi connectivity index (χ4n) is 0.699. The zero-order valence-corrected chi connectivity index (χ0v) is 7.59. The van der Waals surface area contributed by atoms with Crippen molar-refractivity contribution < 1.29 is 8.78 Å². The minimum absolute atomic E-state index is 0.289. The van der Waals surface area contributed by atoms with Crippen LogP contribution in [0, 0.1) is 11.6 Å². The van der Waals surface area contributed by atoms with Crippen molar-refractivity contribution in [2.45, 2.75) is 9.79 Å². The molecule has 0 unspecified atom stereocenters. The number of nitrogen functional groups attached to an aromatic ring is 2. The number of anilines is 2. The zero-order chi connectivity index (χ0) is 9.46. The van der Waals surface area contributed by atoms with Crippen LogP contribution in [-0.4, -0.2) is 0 Å². The Hall–Kier alpha value is -0.620. The summed E-state index contributed by atoms with van der Waals surface area (Å²) in [5.74, 6) is -1.69.